The largest absolute Gasteiger partial charge is 0.348 e. The molecule has 2 fully saturated rings. The fourth-order valence-corrected chi connectivity index (χ4v) is 6.71. The van der Waals surface area contributed by atoms with E-state index < -0.39 is 22.2 Å². The summed E-state index contributed by atoms with van der Waals surface area (Å²) >= 11 is 6.58. The van der Waals surface area contributed by atoms with E-state index in [0.29, 0.717) is 41.4 Å². The lowest BCUT2D eigenvalue weighted by atomic mass is 9.49. The number of hydrogen-bond acceptors (Lipinski definition) is 8. The van der Waals surface area contributed by atoms with Crippen molar-refractivity contribution in [2.75, 3.05) is 18.4 Å². The number of hydrogen-bond donors (Lipinski definition) is 2. The van der Waals surface area contributed by atoms with E-state index >= 15 is 4.39 Å². The molecule has 10 nitrogen and oxygen atoms in total. The predicted octanol–water partition coefficient (Wildman–Crippen LogP) is -0.229. The van der Waals surface area contributed by atoms with E-state index in [1.54, 1.807) is 17.1 Å². The highest BCUT2D eigenvalue weighted by Crippen LogP contribution is 2.33. The monoisotopic (exact) mass is 580 g/mol. The van der Waals surface area contributed by atoms with Gasteiger partial charge < -0.3 is 10.6 Å². The smallest absolute Gasteiger partial charge is 0.223 e. The van der Waals surface area contributed by atoms with Crippen molar-refractivity contribution in [3.8, 4) is 23.0 Å². The molecule has 0 unspecified atom stereocenters. The van der Waals surface area contributed by atoms with E-state index in [-0.39, 0.29) is 41.5 Å². The molecule has 1 saturated heterocycles. The molecule has 1 aliphatic heterocycles. The highest BCUT2D eigenvalue weighted by Gasteiger charge is 2.43. The van der Waals surface area contributed by atoms with Crippen molar-refractivity contribution in [1.82, 2.24) is 29.4 Å². The summed E-state index contributed by atoms with van der Waals surface area (Å²) in [6.45, 7) is 0.710. The molecule has 206 valence electrons. The first kappa shape index (κ1) is 28.6. The van der Waals surface area contributed by atoms with Crippen LogP contribution in [0.15, 0.2) is 36.8 Å². The summed E-state index contributed by atoms with van der Waals surface area (Å²) in [7, 11) is 2.86. The molecule has 2 atom stereocenters. The van der Waals surface area contributed by atoms with Crippen LogP contribution in [0.4, 0.5) is 10.3 Å². The number of benzene rings is 1. The molecule has 1 aliphatic carbocycles. The number of aromatic nitrogens is 4. The van der Waals surface area contributed by atoms with Gasteiger partial charge in [-0.2, -0.15) is 14.7 Å². The number of nitrogens with one attached hydrogen (secondary N) is 2. The van der Waals surface area contributed by atoms with Crippen LogP contribution < -0.4 is 10.6 Å². The lowest BCUT2D eigenvalue weighted by Crippen LogP contribution is -2.50. The second kappa shape index (κ2) is 11.2. The van der Waals surface area contributed by atoms with Crippen LogP contribution in [-0.2, 0) is 16.6 Å². The number of nitrogens with zero attached hydrogens (tertiary/aromatic N) is 6. The first-order valence-corrected chi connectivity index (χ1v) is 15.1. The van der Waals surface area contributed by atoms with Crippen molar-refractivity contribution in [2.24, 2.45) is 0 Å². The van der Waals surface area contributed by atoms with Crippen LogP contribution in [0, 0.1) is 11.3 Å². The fraction of sp³-hybridized carbons (Fsp3) is 0.417. The third-order valence-electron chi connectivity index (χ3n) is 6.97. The van der Waals surface area contributed by atoms with Gasteiger partial charge in [0.2, 0.25) is 16.0 Å². The van der Waals surface area contributed by atoms with E-state index in [2.05, 4.69) is 55.3 Å². The molecule has 1 saturated carbocycles. The van der Waals surface area contributed by atoms with Crippen molar-refractivity contribution >= 4 is 51.1 Å². The van der Waals surface area contributed by atoms with Gasteiger partial charge in [-0.15, -0.1) is 0 Å². The minimum Gasteiger partial charge on any atom is -0.348 e. The molecule has 0 radical (unpaired) electrons. The zero-order chi connectivity index (χ0) is 28.7. The molecule has 2 N–H and O–H groups in total. The molecular weight excluding hydrogens is 551 g/mol. The molecular formula is C24H29B3ClFN8O2S. The van der Waals surface area contributed by atoms with Crippen LogP contribution in [0.25, 0.3) is 16.9 Å². The summed E-state index contributed by atoms with van der Waals surface area (Å²) in [6, 6.07) is 7.19. The minimum absolute atomic E-state index is 0.0229. The molecule has 3 heterocycles. The summed E-state index contributed by atoms with van der Waals surface area (Å²) in [5, 5.41) is 20.7. The maximum atomic E-state index is 15.0. The van der Waals surface area contributed by atoms with Crippen LogP contribution in [0.2, 0.25) is 5.02 Å². The SMILES string of the molecule is BC(B)(B)NCc1ccc(-n2cc(-c3nc(N[C@H]4CCN(S(=O)(=O)C5CC5)C[C@H]4F)ncc3C#N)cn2)c(Cl)c1. The molecule has 0 amide bonds. The molecule has 2 aliphatic rings. The van der Waals surface area contributed by atoms with Gasteiger partial charge in [0.15, 0.2) is 0 Å². The Hall–Kier alpha value is -2.92. The maximum Gasteiger partial charge on any atom is 0.223 e. The third-order valence-corrected chi connectivity index (χ3v) is 9.64. The van der Waals surface area contributed by atoms with E-state index in [1.165, 1.54) is 10.5 Å². The molecule has 5 rings (SSSR count). The van der Waals surface area contributed by atoms with Gasteiger partial charge in [0.25, 0.3) is 0 Å². The Morgan fingerprint density at radius 3 is 2.65 bits per heavy atom. The van der Waals surface area contributed by atoms with Gasteiger partial charge >= 0.3 is 0 Å². The first-order valence-electron chi connectivity index (χ1n) is 13.2. The minimum atomic E-state index is -3.43. The number of nitriles is 1. The van der Waals surface area contributed by atoms with Crippen LogP contribution in [-0.4, -0.2) is 91.8 Å². The Bertz CT molecular complexity index is 1560. The Morgan fingerprint density at radius 1 is 1.23 bits per heavy atom. The molecule has 16 heteroatoms. The van der Waals surface area contributed by atoms with E-state index in [1.807, 2.05) is 18.2 Å². The zero-order valence-electron chi connectivity index (χ0n) is 22.6. The summed E-state index contributed by atoms with van der Waals surface area (Å²) in [4.78, 5) is 8.70. The van der Waals surface area contributed by atoms with Gasteiger partial charge in [-0.1, -0.05) is 22.9 Å². The molecule has 2 aromatic heterocycles. The van der Waals surface area contributed by atoms with Crippen LogP contribution in [0.3, 0.4) is 0 Å². The molecule has 3 aromatic rings. The summed E-state index contributed by atoms with van der Waals surface area (Å²) < 4.78 is 42.9. The van der Waals surface area contributed by atoms with Gasteiger partial charge in [0.05, 0.1) is 45.7 Å². The number of piperidine rings is 1. The van der Waals surface area contributed by atoms with Gasteiger partial charge in [0, 0.05) is 31.4 Å². The second-order valence-electron chi connectivity index (χ2n) is 11.3. The average molecular weight is 581 g/mol. The lowest BCUT2D eigenvalue weighted by Gasteiger charge is -2.34. The predicted molar refractivity (Wildman–Crippen MR) is 160 cm³/mol. The number of anilines is 1. The third kappa shape index (κ3) is 6.36. The average Bonchev–Trinajstić information content (AvgIpc) is 3.67. The molecule has 0 bridgehead atoms. The Kier molecular flexibility index (Phi) is 7.98. The number of sulfonamides is 1. The highest BCUT2D eigenvalue weighted by molar-refractivity contribution is 7.90. The van der Waals surface area contributed by atoms with Crippen molar-refractivity contribution in [3.05, 3.63) is 52.9 Å². The lowest BCUT2D eigenvalue weighted by molar-refractivity contribution is 0.185. The van der Waals surface area contributed by atoms with Crippen molar-refractivity contribution in [3.63, 3.8) is 0 Å². The summed E-state index contributed by atoms with van der Waals surface area (Å²) in [6.07, 6.45) is 4.83. The van der Waals surface area contributed by atoms with Gasteiger partial charge in [-0.3, -0.25) is 0 Å². The normalized spacial score (nSPS) is 20.2. The zero-order valence-corrected chi connectivity index (χ0v) is 24.2. The molecule has 0 spiro atoms. The fourth-order valence-electron chi connectivity index (χ4n) is 4.56. The summed E-state index contributed by atoms with van der Waals surface area (Å²) in [5.41, 5.74) is 2.86. The first-order chi connectivity index (χ1) is 18.9. The highest BCUT2D eigenvalue weighted by atomic mass is 35.5. The van der Waals surface area contributed by atoms with Gasteiger partial charge in [0.1, 0.15) is 35.8 Å². The van der Waals surface area contributed by atoms with Crippen molar-refractivity contribution in [1.29, 1.82) is 5.26 Å². The Labute approximate surface area is 241 Å². The van der Waals surface area contributed by atoms with E-state index in [9.17, 15) is 13.7 Å². The standard InChI is InChI=1S/C24H29B3ClFN8O2S/c25-24(26,27)32-9-14-1-4-21(18(28)7-14)37-12-16(11-33-37)22-15(8-30)10-31-23(35-22)34-20-5-6-36(13-19(20)29)40(38,39)17-2-3-17/h1,4,7,10-12,17,19-20,32H,2-3,5-6,9,13,25-27H2,(H,31,34,35)/t19-,20+/m1/s1. The quantitative estimate of drug-likeness (QED) is 0.333. The maximum absolute atomic E-state index is 15.0. The van der Waals surface area contributed by atoms with Crippen molar-refractivity contribution in [2.45, 2.75) is 48.5 Å². The van der Waals surface area contributed by atoms with Gasteiger partial charge in [-0.05, 0) is 37.0 Å². The van der Waals surface area contributed by atoms with E-state index in [0.717, 1.165) is 5.56 Å². The Morgan fingerprint density at radius 2 is 2.00 bits per heavy atom. The number of rotatable bonds is 9. The topological polar surface area (TPSA) is 129 Å². The van der Waals surface area contributed by atoms with E-state index in [4.69, 9.17) is 11.6 Å². The van der Waals surface area contributed by atoms with Crippen LogP contribution >= 0.6 is 11.6 Å². The second-order valence-corrected chi connectivity index (χ2v) is 13.9. The molecule has 40 heavy (non-hydrogen) atoms. The van der Waals surface area contributed by atoms with Gasteiger partial charge in [-0.25, -0.2) is 27.5 Å². The summed E-state index contributed by atoms with van der Waals surface area (Å²) in [5.74, 6) is 0.154. The number of halogens is 2. The van der Waals surface area contributed by atoms with Crippen LogP contribution in [0.5, 0.6) is 0 Å². The van der Waals surface area contributed by atoms with Crippen molar-refractivity contribution < 1.29 is 12.8 Å². The van der Waals surface area contributed by atoms with Crippen LogP contribution in [0.1, 0.15) is 30.4 Å². The Balaban J connectivity index is 1.31. The molecule has 1 aromatic carbocycles. The number of alkyl halides is 1.